The molecule has 0 heterocycles. The van der Waals surface area contributed by atoms with Gasteiger partial charge in [-0.05, 0) is 0 Å². The molecule has 0 aromatic carbocycles. The van der Waals surface area contributed by atoms with Crippen molar-refractivity contribution in [2.45, 2.75) is 0 Å². The van der Waals surface area contributed by atoms with Crippen LogP contribution in [0.1, 0.15) is 0 Å². The average molecular weight is 128 g/mol. The number of ketones is 1. The topological polar surface area (TPSA) is 43.1 Å². The van der Waals surface area contributed by atoms with Crippen LogP contribution < -0.4 is 5.73 Å². The maximum Gasteiger partial charge on any atom is 0.177 e. The summed E-state index contributed by atoms with van der Waals surface area (Å²) in [6.07, 6.45) is 0. The largest absolute Gasteiger partial charge is 0.324 e. The molecule has 0 aliphatic heterocycles. The Kier molecular flexibility index (Phi) is 8.33. The lowest BCUT2D eigenvalue weighted by atomic mass is 10.4. The highest BCUT2D eigenvalue weighted by molar-refractivity contribution is 5.85. The van der Waals surface area contributed by atoms with Gasteiger partial charge in [-0.3, -0.25) is 4.79 Å². The highest BCUT2D eigenvalue weighted by Crippen LogP contribution is 1.65. The number of alkyl halides is 1. The molecule has 0 saturated heterocycles. The van der Waals surface area contributed by atoms with Crippen molar-refractivity contribution in [2.75, 3.05) is 13.2 Å². The molecule has 0 unspecified atom stereocenters. The Morgan fingerprint density at radius 3 is 2.14 bits per heavy atom. The Labute approximate surface area is 47.3 Å². The first-order valence-electron chi connectivity index (χ1n) is 1.59. The number of hydrogen-bond acceptors (Lipinski definition) is 2. The zero-order valence-electron chi connectivity index (χ0n) is 3.69. The van der Waals surface area contributed by atoms with E-state index in [9.17, 15) is 9.18 Å². The molecule has 7 heavy (non-hydrogen) atoms. The van der Waals surface area contributed by atoms with E-state index in [1.165, 1.54) is 0 Å². The minimum Gasteiger partial charge on any atom is -0.324 e. The quantitative estimate of drug-likeness (QED) is 0.563. The number of carbonyl (C=O) groups is 1. The van der Waals surface area contributed by atoms with Crippen LogP contribution in [-0.4, -0.2) is 19.0 Å². The smallest absolute Gasteiger partial charge is 0.177 e. The Morgan fingerprint density at radius 2 is 2.14 bits per heavy atom. The number of nitrogens with two attached hydrogens (primary N) is 1. The van der Waals surface area contributed by atoms with Crippen molar-refractivity contribution in [1.82, 2.24) is 0 Å². The van der Waals surface area contributed by atoms with E-state index in [0.29, 0.717) is 0 Å². The van der Waals surface area contributed by atoms with Gasteiger partial charge in [0.05, 0.1) is 6.54 Å². The van der Waals surface area contributed by atoms with Gasteiger partial charge >= 0.3 is 0 Å². The van der Waals surface area contributed by atoms with Crippen molar-refractivity contribution >= 4 is 18.2 Å². The number of carbonyl (C=O) groups excluding carboxylic acids is 1. The fraction of sp³-hybridized carbons (Fsp3) is 0.667. The number of Topliss-reactive ketones (excluding diaryl/α,β-unsaturated/α-hetero) is 1. The maximum atomic E-state index is 11.0. The molecule has 0 aliphatic carbocycles. The summed E-state index contributed by atoms with van der Waals surface area (Å²) >= 11 is 0. The molecule has 0 aliphatic rings. The van der Waals surface area contributed by atoms with Gasteiger partial charge in [-0.1, -0.05) is 0 Å². The zero-order chi connectivity index (χ0) is 4.99. The summed E-state index contributed by atoms with van der Waals surface area (Å²) in [5.41, 5.74) is 4.69. The average Bonchev–Trinajstić information content (AvgIpc) is 1.65. The van der Waals surface area contributed by atoms with Crippen LogP contribution in [0.2, 0.25) is 0 Å². The van der Waals surface area contributed by atoms with Crippen LogP contribution in [0.5, 0.6) is 0 Å². The molecule has 0 radical (unpaired) electrons. The van der Waals surface area contributed by atoms with Gasteiger partial charge in [-0.2, -0.15) is 0 Å². The molecule has 0 saturated carbocycles. The zero-order valence-corrected chi connectivity index (χ0v) is 4.50. The lowest BCUT2D eigenvalue weighted by molar-refractivity contribution is -0.118. The molecule has 4 heteroatoms. The van der Waals surface area contributed by atoms with E-state index in [-0.39, 0.29) is 19.0 Å². The van der Waals surface area contributed by atoms with Crippen LogP contribution in [-0.2, 0) is 4.79 Å². The molecule has 0 rings (SSSR count). The van der Waals surface area contributed by atoms with Crippen LogP contribution in [0.15, 0.2) is 0 Å². The molecule has 44 valence electrons. The van der Waals surface area contributed by atoms with Gasteiger partial charge in [0.1, 0.15) is 6.67 Å². The maximum absolute atomic E-state index is 11.0. The third-order valence-electron chi connectivity index (χ3n) is 0.377. The molecule has 0 aromatic rings. The second-order valence-electron chi connectivity index (χ2n) is 0.876. The highest BCUT2D eigenvalue weighted by atomic mass is 35.5. The molecule has 2 nitrogen and oxygen atoms in total. The van der Waals surface area contributed by atoms with E-state index >= 15 is 0 Å². The number of hydrogen-bond donors (Lipinski definition) is 1. The van der Waals surface area contributed by atoms with Gasteiger partial charge in [0.2, 0.25) is 0 Å². The third-order valence-corrected chi connectivity index (χ3v) is 0.377. The van der Waals surface area contributed by atoms with Crippen molar-refractivity contribution in [3.8, 4) is 0 Å². The highest BCUT2D eigenvalue weighted by Gasteiger charge is 1.90. The minimum atomic E-state index is -0.934. The predicted octanol–water partition coefficient (Wildman–Crippen LogP) is -0.0945. The van der Waals surface area contributed by atoms with Crippen LogP contribution in [0.4, 0.5) is 4.39 Å². The van der Waals surface area contributed by atoms with E-state index in [1.807, 2.05) is 0 Å². The van der Waals surface area contributed by atoms with Crippen molar-refractivity contribution < 1.29 is 9.18 Å². The molecule has 0 spiro atoms. The summed E-state index contributed by atoms with van der Waals surface area (Å²) in [6.45, 7) is -1.12. The summed E-state index contributed by atoms with van der Waals surface area (Å²) in [6, 6.07) is 0. The Hall–Kier alpha value is -0.150. The normalized spacial score (nSPS) is 7.14. The molecule has 0 atom stereocenters. The van der Waals surface area contributed by atoms with E-state index in [1.54, 1.807) is 0 Å². The first-order valence-corrected chi connectivity index (χ1v) is 1.59. The summed E-state index contributed by atoms with van der Waals surface area (Å²) in [7, 11) is 0. The fourth-order valence-corrected chi connectivity index (χ4v) is 0.0546. The Morgan fingerprint density at radius 1 is 1.71 bits per heavy atom. The van der Waals surface area contributed by atoms with Crippen molar-refractivity contribution in [3.63, 3.8) is 0 Å². The first-order chi connectivity index (χ1) is 2.81. The second-order valence-corrected chi connectivity index (χ2v) is 0.876. The summed E-state index contributed by atoms with van der Waals surface area (Å²) in [5.74, 6) is -0.546. The van der Waals surface area contributed by atoms with Crippen LogP contribution in [0.3, 0.4) is 0 Å². The van der Waals surface area contributed by atoms with Crippen LogP contribution >= 0.6 is 12.4 Å². The van der Waals surface area contributed by atoms with E-state index in [4.69, 9.17) is 5.73 Å². The van der Waals surface area contributed by atoms with E-state index in [0.717, 1.165) is 0 Å². The number of halogens is 2. The molecule has 0 fully saturated rings. The van der Waals surface area contributed by atoms with Gasteiger partial charge in [0, 0.05) is 0 Å². The molecule has 0 aromatic heterocycles. The SMILES string of the molecule is Cl.NCC(=O)CF. The molecule has 0 amide bonds. The van der Waals surface area contributed by atoms with Crippen molar-refractivity contribution in [2.24, 2.45) is 5.73 Å². The monoisotopic (exact) mass is 127 g/mol. The summed E-state index contributed by atoms with van der Waals surface area (Å²) < 4.78 is 11.0. The van der Waals surface area contributed by atoms with E-state index < -0.39 is 12.5 Å². The summed E-state index contributed by atoms with van der Waals surface area (Å²) in [5, 5.41) is 0. The standard InChI is InChI=1S/C3H6FNO.ClH/c4-1-3(6)2-5;/h1-2,5H2;1H. The van der Waals surface area contributed by atoms with Gasteiger partial charge in [0.25, 0.3) is 0 Å². The number of rotatable bonds is 2. The fourth-order valence-electron chi connectivity index (χ4n) is 0.0546. The Balaban J connectivity index is 0. The van der Waals surface area contributed by atoms with Gasteiger partial charge < -0.3 is 5.73 Å². The third kappa shape index (κ3) is 5.85. The van der Waals surface area contributed by atoms with Crippen molar-refractivity contribution in [1.29, 1.82) is 0 Å². The van der Waals surface area contributed by atoms with Gasteiger partial charge in [-0.15, -0.1) is 12.4 Å². The van der Waals surface area contributed by atoms with Gasteiger partial charge in [-0.25, -0.2) is 4.39 Å². The van der Waals surface area contributed by atoms with E-state index in [2.05, 4.69) is 0 Å². The molecular formula is C3H7ClFNO. The van der Waals surface area contributed by atoms with Crippen LogP contribution in [0, 0.1) is 0 Å². The second kappa shape index (κ2) is 5.85. The minimum absolute atomic E-state index is 0. The first kappa shape index (κ1) is 9.97. The summed E-state index contributed by atoms with van der Waals surface area (Å²) in [4.78, 5) is 9.68. The lowest BCUT2D eigenvalue weighted by Crippen LogP contribution is -2.14. The predicted molar refractivity (Wildman–Crippen MR) is 27.3 cm³/mol. The van der Waals surface area contributed by atoms with Crippen LogP contribution in [0.25, 0.3) is 0 Å². The van der Waals surface area contributed by atoms with Crippen molar-refractivity contribution in [3.05, 3.63) is 0 Å². The Bertz CT molecular complexity index is 52.9. The van der Waals surface area contributed by atoms with Gasteiger partial charge in [0.15, 0.2) is 5.78 Å². The molecule has 2 N–H and O–H groups in total. The molecule has 0 bridgehead atoms. The molecular weight excluding hydrogens is 120 g/mol. The lowest BCUT2D eigenvalue weighted by Gasteiger charge is -1.79.